The predicted octanol–water partition coefficient (Wildman–Crippen LogP) is 3.43. The van der Waals surface area contributed by atoms with Crippen molar-refractivity contribution in [3.63, 3.8) is 0 Å². The van der Waals surface area contributed by atoms with Crippen LogP contribution in [0.15, 0.2) is 75.1 Å². The lowest BCUT2D eigenvalue weighted by Crippen LogP contribution is -2.25. The third-order valence-electron chi connectivity index (χ3n) is 4.31. The van der Waals surface area contributed by atoms with Crippen LogP contribution in [-0.4, -0.2) is 43.6 Å². The molecule has 32 heavy (non-hydrogen) atoms. The second-order valence-corrected chi connectivity index (χ2v) is 11.0. The lowest BCUT2D eigenvalue weighted by atomic mass is 10.2. The highest BCUT2D eigenvalue weighted by Gasteiger charge is 2.26. The molecule has 0 N–H and O–H groups in total. The molecule has 2 heterocycles. The van der Waals surface area contributed by atoms with E-state index in [0.29, 0.717) is 6.20 Å². The highest BCUT2D eigenvalue weighted by atomic mass is 35.5. The smallest absolute Gasteiger partial charge is 0.237 e. The number of aliphatic imine (C=N–C) groups is 1. The molecule has 0 bridgehead atoms. The number of nitrogens with zero attached hydrogens (tertiary/aromatic N) is 4. The summed E-state index contributed by atoms with van der Waals surface area (Å²) in [4.78, 5) is 11.6. The third-order valence-corrected chi connectivity index (χ3v) is 7.25. The molecule has 168 valence electrons. The Bertz CT molecular complexity index is 1380. The Hall–Kier alpha value is -2.89. The number of hydrogen-bond acceptors (Lipinski definition) is 7. The van der Waals surface area contributed by atoms with Gasteiger partial charge in [-0.3, -0.25) is 0 Å². The summed E-state index contributed by atoms with van der Waals surface area (Å²) in [6.07, 6.45) is 5.42. The van der Waals surface area contributed by atoms with E-state index >= 15 is 0 Å². The van der Waals surface area contributed by atoms with Crippen LogP contribution < -0.4 is 0 Å². The zero-order valence-corrected chi connectivity index (χ0v) is 19.4. The van der Waals surface area contributed by atoms with E-state index in [2.05, 4.69) is 21.5 Å². The van der Waals surface area contributed by atoms with Gasteiger partial charge in [0.2, 0.25) is 0 Å². The molecule has 12 heteroatoms. The Balaban J connectivity index is 2.22. The highest BCUT2D eigenvalue weighted by molar-refractivity contribution is 7.90. The van der Waals surface area contributed by atoms with Crippen LogP contribution in [0.5, 0.6) is 0 Å². The minimum atomic E-state index is -4.16. The van der Waals surface area contributed by atoms with Gasteiger partial charge in [-0.2, -0.15) is 0 Å². The molecule has 1 aromatic carbocycles. The van der Waals surface area contributed by atoms with E-state index in [9.17, 15) is 21.2 Å². The molecular weight excluding hydrogens is 479 g/mol. The van der Waals surface area contributed by atoms with E-state index in [0.717, 1.165) is 16.1 Å². The molecule has 1 aromatic heterocycles. The van der Waals surface area contributed by atoms with Gasteiger partial charge in [-0.15, -0.1) is 0 Å². The van der Waals surface area contributed by atoms with E-state index in [1.54, 1.807) is 12.1 Å². The fraction of sp³-hybridized carbons (Fsp3) is 0.150. The fourth-order valence-corrected chi connectivity index (χ4v) is 4.75. The average Bonchev–Trinajstić information content (AvgIpc) is 2.78. The maximum atomic E-state index is 14.0. The van der Waals surface area contributed by atoms with Gasteiger partial charge in [0.05, 0.1) is 16.1 Å². The van der Waals surface area contributed by atoms with E-state index in [4.69, 9.17) is 11.6 Å². The van der Waals surface area contributed by atoms with Crippen molar-refractivity contribution in [3.8, 4) is 0 Å². The van der Waals surface area contributed by atoms with Crippen molar-refractivity contribution < 1.29 is 21.2 Å². The van der Waals surface area contributed by atoms with Gasteiger partial charge in [-0.1, -0.05) is 42.0 Å². The van der Waals surface area contributed by atoms with Crippen molar-refractivity contribution in [2.24, 2.45) is 4.99 Å². The van der Waals surface area contributed by atoms with Crippen molar-refractivity contribution >= 4 is 43.2 Å². The van der Waals surface area contributed by atoms with E-state index in [-0.39, 0.29) is 33.6 Å². The van der Waals surface area contributed by atoms with Gasteiger partial charge in [-0.25, -0.2) is 40.5 Å². The summed E-state index contributed by atoms with van der Waals surface area (Å²) in [5.74, 6) is -1.49. The number of rotatable bonds is 4. The first kappa shape index (κ1) is 23.8. The van der Waals surface area contributed by atoms with Crippen LogP contribution in [0.1, 0.15) is 17.8 Å². The van der Waals surface area contributed by atoms with Gasteiger partial charge in [0.1, 0.15) is 5.82 Å². The summed E-state index contributed by atoms with van der Waals surface area (Å²) in [7, 11) is -8.16. The van der Waals surface area contributed by atoms with Crippen molar-refractivity contribution in [3.05, 3.63) is 77.4 Å². The molecule has 0 saturated carbocycles. The van der Waals surface area contributed by atoms with Crippen LogP contribution in [0.3, 0.4) is 0 Å². The van der Waals surface area contributed by atoms with Gasteiger partial charge < -0.3 is 0 Å². The fourth-order valence-electron chi connectivity index (χ4n) is 2.67. The summed E-state index contributed by atoms with van der Waals surface area (Å²) in [5, 5.41) is -0.626. The van der Waals surface area contributed by atoms with Gasteiger partial charge in [0.15, 0.2) is 26.5 Å². The number of hydrogen-bond donors (Lipinski definition) is 0. The monoisotopic (exact) mass is 496 g/mol. The summed E-state index contributed by atoms with van der Waals surface area (Å²) < 4.78 is 65.2. The van der Waals surface area contributed by atoms with Crippen LogP contribution in [-0.2, 0) is 19.9 Å². The summed E-state index contributed by atoms with van der Waals surface area (Å²) in [5.41, 5.74) is 1.01. The topological polar surface area (TPSA) is 110 Å². The Labute approximate surface area is 190 Å². The van der Waals surface area contributed by atoms with Crippen molar-refractivity contribution in [2.75, 3.05) is 6.26 Å². The van der Waals surface area contributed by atoms with Gasteiger partial charge in [0, 0.05) is 24.2 Å². The summed E-state index contributed by atoms with van der Waals surface area (Å²) >= 11 is 6.09. The van der Waals surface area contributed by atoms with Crippen LogP contribution in [0.4, 0.5) is 4.39 Å². The van der Waals surface area contributed by atoms with Crippen LogP contribution >= 0.6 is 11.6 Å². The zero-order valence-electron chi connectivity index (χ0n) is 17.0. The van der Waals surface area contributed by atoms with Crippen LogP contribution in [0.2, 0.25) is 0 Å². The molecule has 0 atom stereocenters. The summed E-state index contributed by atoms with van der Waals surface area (Å²) in [6.45, 7) is 5.52. The molecule has 0 fully saturated rings. The minimum absolute atomic E-state index is 0.00683. The number of halogens is 2. The first-order valence-electron chi connectivity index (χ1n) is 9.03. The predicted molar refractivity (Wildman–Crippen MR) is 119 cm³/mol. The van der Waals surface area contributed by atoms with Crippen molar-refractivity contribution in [1.82, 2.24) is 14.3 Å². The molecule has 8 nitrogen and oxygen atoms in total. The molecule has 0 spiro atoms. The molecular formula is C20H18ClFN4O4S2. The first-order valence-corrected chi connectivity index (χ1v) is 12.7. The number of benzene rings is 1. The number of sulfone groups is 1. The molecule has 1 aliphatic heterocycles. The SMILES string of the molecule is C=C1N=C/C(Cl)=C\C/C(c2ncc(F)c(S(C)(=O)=O)n2)=C\N1S(=O)(=O)c1ccc(C)cc1. The Morgan fingerprint density at radius 1 is 1.16 bits per heavy atom. The summed E-state index contributed by atoms with van der Waals surface area (Å²) in [6, 6.07) is 6.14. The molecule has 0 unspecified atom stereocenters. The maximum absolute atomic E-state index is 14.0. The number of aryl methyl sites for hydroxylation is 1. The number of sulfonamides is 1. The third kappa shape index (κ3) is 5.12. The molecule has 2 aromatic rings. The molecule has 0 saturated heterocycles. The van der Waals surface area contributed by atoms with Gasteiger partial charge in [-0.05, 0) is 25.5 Å². The second kappa shape index (κ2) is 8.93. The Kier molecular flexibility index (Phi) is 6.63. The van der Waals surface area contributed by atoms with E-state index in [1.165, 1.54) is 30.6 Å². The molecule has 3 rings (SSSR count). The lowest BCUT2D eigenvalue weighted by molar-refractivity contribution is 0.538. The Morgan fingerprint density at radius 2 is 1.81 bits per heavy atom. The second-order valence-electron chi connectivity index (χ2n) is 6.85. The van der Waals surface area contributed by atoms with Crippen LogP contribution in [0, 0.1) is 12.7 Å². The Morgan fingerprint density at radius 3 is 2.44 bits per heavy atom. The zero-order chi connectivity index (χ0) is 23.7. The normalized spacial score (nSPS) is 18.8. The number of aromatic nitrogens is 2. The molecule has 1 aliphatic rings. The van der Waals surface area contributed by atoms with Crippen LogP contribution in [0.25, 0.3) is 5.57 Å². The average molecular weight is 497 g/mol. The largest absolute Gasteiger partial charge is 0.269 e. The molecule has 0 aliphatic carbocycles. The molecule has 0 radical (unpaired) electrons. The van der Waals surface area contributed by atoms with Crippen molar-refractivity contribution in [2.45, 2.75) is 23.3 Å². The van der Waals surface area contributed by atoms with E-state index < -0.39 is 30.7 Å². The lowest BCUT2D eigenvalue weighted by Gasteiger charge is -2.21. The first-order chi connectivity index (χ1) is 14.9. The van der Waals surface area contributed by atoms with Crippen molar-refractivity contribution in [1.29, 1.82) is 0 Å². The van der Waals surface area contributed by atoms with Gasteiger partial charge >= 0.3 is 0 Å². The highest BCUT2D eigenvalue weighted by Crippen LogP contribution is 2.28. The number of allylic oxidation sites excluding steroid dienone is 3. The van der Waals surface area contributed by atoms with Gasteiger partial charge in [0.25, 0.3) is 10.0 Å². The quantitative estimate of drug-likeness (QED) is 0.600. The molecule has 0 amide bonds. The maximum Gasteiger partial charge on any atom is 0.269 e. The minimum Gasteiger partial charge on any atom is -0.237 e. The van der Waals surface area contributed by atoms with E-state index in [1.807, 2.05) is 6.92 Å². The standard InChI is InChI=1S/C20H18ClFN4O4S2/c1-13-4-8-17(9-5-13)32(29,30)26-12-15(6-7-16(21)10-23-14(26)2)19-24-11-18(22)20(25-19)31(3,27)28/h4-5,7-12H,2,6H2,1,3H3/b15-12+,16-7+,23-10?.